The van der Waals surface area contributed by atoms with Crippen molar-refractivity contribution in [3.63, 3.8) is 0 Å². The van der Waals surface area contributed by atoms with E-state index in [4.69, 9.17) is 5.73 Å². The standard InChI is InChI=1S/C13H21N3/c14-13-12(10-4-3-6-15-9-10)8-11-5-1-2-7-16(11)13/h8,10,15H,1-7,9,14H2. The molecule has 3 heteroatoms. The summed E-state index contributed by atoms with van der Waals surface area (Å²) in [4.78, 5) is 0. The minimum absolute atomic E-state index is 0.645. The van der Waals surface area contributed by atoms with Gasteiger partial charge in [0.05, 0.1) is 0 Å². The summed E-state index contributed by atoms with van der Waals surface area (Å²) in [6.07, 6.45) is 6.40. The zero-order chi connectivity index (χ0) is 11.0. The van der Waals surface area contributed by atoms with E-state index in [2.05, 4.69) is 16.0 Å². The fourth-order valence-electron chi connectivity index (χ4n) is 3.13. The number of nitrogens with two attached hydrogens (primary N) is 1. The molecule has 16 heavy (non-hydrogen) atoms. The molecule has 2 aliphatic rings. The molecule has 1 aromatic heterocycles. The van der Waals surface area contributed by atoms with E-state index in [1.165, 1.54) is 49.9 Å². The first-order valence-electron chi connectivity index (χ1n) is 6.55. The third-order valence-electron chi connectivity index (χ3n) is 4.06. The number of hydrogen-bond acceptors (Lipinski definition) is 2. The van der Waals surface area contributed by atoms with Crippen LogP contribution >= 0.6 is 0 Å². The monoisotopic (exact) mass is 219 g/mol. The van der Waals surface area contributed by atoms with Crippen molar-refractivity contribution in [2.75, 3.05) is 18.8 Å². The summed E-state index contributed by atoms with van der Waals surface area (Å²) in [5, 5.41) is 3.48. The summed E-state index contributed by atoms with van der Waals surface area (Å²) in [6.45, 7) is 3.40. The smallest absolute Gasteiger partial charge is 0.107 e. The van der Waals surface area contributed by atoms with Crippen LogP contribution in [0, 0.1) is 0 Å². The summed E-state index contributed by atoms with van der Waals surface area (Å²) in [7, 11) is 0. The molecule has 0 amide bonds. The van der Waals surface area contributed by atoms with Gasteiger partial charge in [0.25, 0.3) is 0 Å². The molecule has 1 atom stereocenters. The summed E-state index contributed by atoms with van der Waals surface area (Å²) >= 11 is 0. The first kappa shape index (κ1) is 10.2. The van der Waals surface area contributed by atoms with Gasteiger partial charge < -0.3 is 15.6 Å². The number of nitrogens with one attached hydrogen (secondary N) is 1. The topological polar surface area (TPSA) is 43.0 Å². The van der Waals surface area contributed by atoms with E-state index >= 15 is 0 Å². The van der Waals surface area contributed by atoms with Gasteiger partial charge in [-0.25, -0.2) is 0 Å². The van der Waals surface area contributed by atoms with Crippen molar-refractivity contribution < 1.29 is 0 Å². The van der Waals surface area contributed by atoms with Crippen LogP contribution in [0.3, 0.4) is 0 Å². The summed E-state index contributed by atoms with van der Waals surface area (Å²) < 4.78 is 2.34. The number of fused-ring (bicyclic) bond motifs is 1. The van der Waals surface area contributed by atoms with Crippen LogP contribution in [0.4, 0.5) is 5.82 Å². The van der Waals surface area contributed by atoms with Gasteiger partial charge in [0.15, 0.2) is 0 Å². The molecule has 0 aromatic carbocycles. The van der Waals surface area contributed by atoms with Crippen LogP contribution in [0.1, 0.15) is 42.9 Å². The van der Waals surface area contributed by atoms with Gasteiger partial charge in [-0.05, 0) is 50.3 Å². The van der Waals surface area contributed by atoms with Crippen molar-refractivity contribution >= 4 is 5.82 Å². The van der Waals surface area contributed by atoms with Crippen LogP contribution in [0.25, 0.3) is 0 Å². The van der Waals surface area contributed by atoms with Crippen LogP contribution in [0.2, 0.25) is 0 Å². The Kier molecular flexibility index (Phi) is 2.64. The Labute approximate surface area is 97.0 Å². The molecule has 88 valence electrons. The summed E-state index contributed by atoms with van der Waals surface area (Å²) in [6, 6.07) is 2.37. The third-order valence-corrected chi connectivity index (χ3v) is 4.06. The van der Waals surface area contributed by atoms with Crippen molar-refractivity contribution in [2.45, 2.75) is 44.6 Å². The molecular weight excluding hydrogens is 198 g/mol. The second kappa shape index (κ2) is 4.13. The largest absolute Gasteiger partial charge is 0.385 e. The lowest BCUT2D eigenvalue weighted by atomic mass is 9.93. The van der Waals surface area contributed by atoms with Gasteiger partial charge >= 0.3 is 0 Å². The Hall–Kier alpha value is -0.960. The molecule has 1 saturated heterocycles. The maximum Gasteiger partial charge on any atom is 0.107 e. The van der Waals surface area contributed by atoms with Gasteiger partial charge in [-0.1, -0.05) is 0 Å². The van der Waals surface area contributed by atoms with Crippen LogP contribution < -0.4 is 11.1 Å². The van der Waals surface area contributed by atoms with E-state index in [1.807, 2.05) is 0 Å². The van der Waals surface area contributed by atoms with E-state index in [-0.39, 0.29) is 0 Å². The minimum atomic E-state index is 0.645. The number of aryl methyl sites for hydroxylation is 1. The van der Waals surface area contributed by atoms with Gasteiger partial charge in [0.2, 0.25) is 0 Å². The molecule has 1 unspecified atom stereocenters. The SMILES string of the molecule is Nc1c(C2CCCNC2)cc2n1CCCC2. The number of rotatable bonds is 1. The van der Waals surface area contributed by atoms with Gasteiger partial charge in [0.1, 0.15) is 5.82 Å². The van der Waals surface area contributed by atoms with E-state index in [0.717, 1.165) is 18.9 Å². The van der Waals surface area contributed by atoms with Crippen molar-refractivity contribution in [3.05, 3.63) is 17.3 Å². The number of anilines is 1. The van der Waals surface area contributed by atoms with E-state index in [9.17, 15) is 0 Å². The lowest BCUT2D eigenvalue weighted by molar-refractivity contribution is 0.462. The Morgan fingerprint density at radius 2 is 2.25 bits per heavy atom. The molecule has 2 aliphatic heterocycles. The Bertz CT molecular complexity index is 375. The number of piperidine rings is 1. The highest BCUT2D eigenvalue weighted by molar-refractivity contribution is 5.48. The molecule has 1 fully saturated rings. The molecule has 0 saturated carbocycles. The molecule has 1 aromatic rings. The highest BCUT2D eigenvalue weighted by Crippen LogP contribution is 2.33. The first-order valence-corrected chi connectivity index (χ1v) is 6.55. The summed E-state index contributed by atoms with van der Waals surface area (Å²) in [5.74, 6) is 1.69. The second-order valence-electron chi connectivity index (χ2n) is 5.13. The van der Waals surface area contributed by atoms with Gasteiger partial charge in [0, 0.05) is 24.7 Å². The van der Waals surface area contributed by atoms with E-state index < -0.39 is 0 Å². The van der Waals surface area contributed by atoms with Crippen molar-refractivity contribution in [3.8, 4) is 0 Å². The maximum absolute atomic E-state index is 6.29. The van der Waals surface area contributed by atoms with Crippen LogP contribution in [0.5, 0.6) is 0 Å². The van der Waals surface area contributed by atoms with Gasteiger partial charge in [-0.15, -0.1) is 0 Å². The Morgan fingerprint density at radius 1 is 1.31 bits per heavy atom. The highest BCUT2D eigenvalue weighted by atomic mass is 15.1. The highest BCUT2D eigenvalue weighted by Gasteiger charge is 2.23. The molecule has 3 N–H and O–H groups in total. The van der Waals surface area contributed by atoms with Crippen LogP contribution in [-0.2, 0) is 13.0 Å². The molecule has 3 nitrogen and oxygen atoms in total. The quantitative estimate of drug-likeness (QED) is 0.757. The van der Waals surface area contributed by atoms with Crippen molar-refractivity contribution in [2.24, 2.45) is 0 Å². The predicted octanol–water partition coefficient (Wildman–Crippen LogP) is 1.87. The van der Waals surface area contributed by atoms with E-state index in [1.54, 1.807) is 0 Å². The lowest BCUT2D eigenvalue weighted by Crippen LogP contribution is -2.28. The van der Waals surface area contributed by atoms with E-state index in [0.29, 0.717) is 5.92 Å². The van der Waals surface area contributed by atoms with Crippen LogP contribution in [0.15, 0.2) is 6.07 Å². The fourth-order valence-corrected chi connectivity index (χ4v) is 3.13. The molecular formula is C13H21N3. The number of nitrogen functional groups attached to an aromatic ring is 1. The zero-order valence-electron chi connectivity index (χ0n) is 9.84. The Balaban J connectivity index is 1.91. The average Bonchev–Trinajstić information content (AvgIpc) is 2.69. The third kappa shape index (κ3) is 1.63. The maximum atomic E-state index is 6.29. The average molecular weight is 219 g/mol. The molecule has 0 bridgehead atoms. The van der Waals surface area contributed by atoms with Crippen LogP contribution in [-0.4, -0.2) is 17.7 Å². The molecule has 3 heterocycles. The molecule has 3 rings (SSSR count). The minimum Gasteiger partial charge on any atom is -0.385 e. The molecule has 0 aliphatic carbocycles. The van der Waals surface area contributed by atoms with Crippen molar-refractivity contribution in [1.82, 2.24) is 9.88 Å². The predicted molar refractivity (Wildman–Crippen MR) is 66.6 cm³/mol. The summed E-state index contributed by atoms with van der Waals surface area (Å²) in [5.41, 5.74) is 9.16. The Morgan fingerprint density at radius 3 is 3.00 bits per heavy atom. The van der Waals surface area contributed by atoms with Gasteiger partial charge in [-0.3, -0.25) is 0 Å². The normalized spacial score (nSPS) is 25.4. The molecule has 0 spiro atoms. The number of nitrogens with zero attached hydrogens (tertiary/aromatic N) is 1. The first-order chi connectivity index (χ1) is 7.86. The second-order valence-corrected chi connectivity index (χ2v) is 5.13. The number of aromatic nitrogens is 1. The lowest BCUT2D eigenvalue weighted by Gasteiger charge is -2.23. The van der Waals surface area contributed by atoms with Gasteiger partial charge in [-0.2, -0.15) is 0 Å². The number of hydrogen-bond donors (Lipinski definition) is 2. The zero-order valence-corrected chi connectivity index (χ0v) is 9.84. The fraction of sp³-hybridized carbons (Fsp3) is 0.692. The van der Waals surface area contributed by atoms with Crippen molar-refractivity contribution in [1.29, 1.82) is 0 Å². The molecule has 0 radical (unpaired) electrons.